The molecule has 0 radical (unpaired) electrons. The number of aryl methyl sites for hydroxylation is 1. The Morgan fingerprint density at radius 1 is 1.18 bits per heavy atom. The molecule has 0 fully saturated rings. The number of nitrogens with zero attached hydrogens (tertiary/aromatic N) is 3. The van der Waals surface area contributed by atoms with Crippen LogP contribution >= 0.6 is 15.9 Å². The molecule has 3 rings (SSSR count). The highest BCUT2D eigenvalue weighted by atomic mass is 79.9. The monoisotopic (exact) mass is 444 g/mol. The zero-order valence-electron chi connectivity index (χ0n) is 15.9. The summed E-state index contributed by atoms with van der Waals surface area (Å²) in [5.74, 6) is 0.991. The minimum Gasteiger partial charge on any atom is -0.493 e. The predicted molar refractivity (Wildman–Crippen MR) is 109 cm³/mol. The van der Waals surface area contributed by atoms with E-state index in [2.05, 4.69) is 31.6 Å². The number of aromatic nitrogens is 3. The minimum absolute atomic E-state index is 0.290. The van der Waals surface area contributed by atoms with E-state index in [1.165, 1.54) is 0 Å². The molecule has 0 aliphatic heterocycles. The van der Waals surface area contributed by atoms with Crippen molar-refractivity contribution in [1.82, 2.24) is 20.3 Å². The van der Waals surface area contributed by atoms with Crippen molar-refractivity contribution in [3.05, 3.63) is 63.9 Å². The van der Waals surface area contributed by atoms with E-state index < -0.39 is 0 Å². The summed E-state index contributed by atoms with van der Waals surface area (Å²) in [6.45, 7) is 4.46. The fraction of sp³-hybridized carbons (Fsp3) is 0.250. The Hall–Kier alpha value is -2.87. The van der Waals surface area contributed by atoms with Gasteiger partial charge < -0.3 is 14.8 Å². The molecule has 1 aromatic heterocycles. The molecule has 8 heteroatoms. The van der Waals surface area contributed by atoms with Gasteiger partial charge in [0.25, 0.3) is 5.91 Å². The average Bonchev–Trinajstić information content (AvgIpc) is 3.09. The van der Waals surface area contributed by atoms with Crippen LogP contribution in [0.15, 0.2) is 46.9 Å². The van der Waals surface area contributed by atoms with E-state index in [1.807, 2.05) is 56.3 Å². The topological polar surface area (TPSA) is 78.3 Å². The predicted octanol–water partition coefficient (Wildman–Crippen LogP) is 3.46. The van der Waals surface area contributed by atoms with Crippen molar-refractivity contribution in [1.29, 1.82) is 0 Å². The number of benzene rings is 2. The average molecular weight is 445 g/mol. The molecule has 7 nitrogen and oxygen atoms in total. The summed E-state index contributed by atoms with van der Waals surface area (Å²) in [7, 11) is 1.59. The van der Waals surface area contributed by atoms with Crippen LogP contribution in [0.1, 0.15) is 21.7 Å². The van der Waals surface area contributed by atoms with Crippen molar-refractivity contribution < 1.29 is 14.3 Å². The second-order valence-corrected chi connectivity index (χ2v) is 6.98. The van der Waals surface area contributed by atoms with E-state index >= 15 is 0 Å². The lowest BCUT2D eigenvalue weighted by Gasteiger charge is -2.10. The lowest BCUT2D eigenvalue weighted by Crippen LogP contribution is -2.29. The fourth-order valence-corrected chi connectivity index (χ4v) is 2.94. The van der Waals surface area contributed by atoms with Crippen LogP contribution in [0.4, 0.5) is 0 Å². The molecule has 0 atom stereocenters. The van der Waals surface area contributed by atoms with Crippen molar-refractivity contribution in [3.8, 4) is 17.2 Å². The van der Waals surface area contributed by atoms with Crippen LogP contribution in [0, 0.1) is 13.8 Å². The summed E-state index contributed by atoms with van der Waals surface area (Å²) < 4.78 is 13.6. The number of para-hydroxylation sites is 2. The Balaban J connectivity index is 1.61. The highest BCUT2D eigenvalue weighted by Crippen LogP contribution is 2.25. The first-order valence-corrected chi connectivity index (χ1v) is 9.53. The smallest absolute Gasteiger partial charge is 0.273 e. The number of hydrogen-bond acceptors (Lipinski definition) is 5. The highest BCUT2D eigenvalue weighted by Gasteiger charge is 2.17. The Labute approximate surface area is 171 Å². The van der Waals surface area contributed by atoms with E-state index in [9.17, 15) is 4.79 Å². The molecule has 2 aromatic carbocycles. The molecule has 0 bridgehead atoms. The first-order chi connectivity index (χ1) is 13.5. The van der Waals surface area contributed by atoms with Crippen LogP contribution in [0.3, 0.4) is 0 Å². The van der Waals surface area contributed by atoms with E-state index in [0.717, 1.165) is 15.7 Å². The Kier molecular flexibility index (Phi) is 6.30. The molecule has 28 heavy (non-hydrogen) atoms. The molecular formula is C20H21BrN4O3. The number of hydrogen-bond donors (Lipinski definition) is 1. The Morgan fingerprint density at radius 3 is 2.64 bits per heavy atom. The van der Waals surface area contributed by atoms with Gasteiger partial charge in [-0.05, 0) is 49.7 Å². The van der Waals surface area contributed by atoms with Gasteiger partial charge >= 0.3 is 0 Å². The first-order valence-electron chi connectivity index (χ1n) is 8.74. The van der Waals surface area contributed by atoms with Gasteiger partial charge in [-0.2, -0.15) is 0 Å². The van der Waals surface area contributed by atoms with Gasteiger partial charge in [-0.15, -0.1) is 5.10 Å². The van der Waals surface area contributed by atoms with Crippen molar-refractivity contribution in [2.75, 3.05) is 20.3 Å². The number of ether oxygens (including phenoxy) is 2. The lowest BCUT2D eigenvalue weighted by molar-refractivity contribution is 0.0941. The van der Waals surface area contributed by atoms with E-state index in [4.69, 9.17) is 9.47 Å². The summed E-state index contributed by atoms with van der Waals surface area (Å²) in [6.07, 6.45) is 0. The zero-order valence-corrected chi connectivity index (χ0v) is 17.5. The molecule has 146 valence electrons. The molecule has 0 saturated carbocycles. The molecule has 0 saturated heterocycles. The summed E-state index contributed by atoms with van der Waals surface area (Å²) >= 11 is 3.48. The number of rotatable bonds is 7. The molecule has 1 amide bonds. The molecule has 0 unspecified atom stereocenters. The Bertz CT molecular complexity index is 987. The van der Waals surface area contributed by atoms with Crippen molar-refractivity contribution in [2.24, 2.45) is 0 Å². The lowest BCUT2D eigenvalue weighted by atomic mass is 10.2. The number of nitrogens with one attached hydrogen (secondary N) is 1. The van der Waals surface area contributed by atoms with Crippen LogP contribution < -0.4 is 14.8 Å². The molecule has 0 aliphatic rings. The molecule has 1 N–H and O–H groups in total. The maximum Gasteiger partial charge on any atom is 0.273 e. The third-order valence-corrected chi connectivity index (χ3v) is 5.10. The van der Waals surface area contributed by atoms with E-state index in [0.29, 0.717) is 30.3 Å². The van der Waals surface area contributed by atoms with Gasteiger partial charge in [0, 0.05) is 4.47 Å². The van der Waals surface area contributed by atoms with Crippen LogP contribution in [-0.4, -0.2) is 41.2 Å². The largest absolute Gasteiger partial charge is 0.493 e. The fourth-order valence-electron chi connectivity index (χ4n) is 2.69. The quantitative estimate of drug-likeness (QED) is 0.564. The maximum absolute atomic E-state index is 12.5. The van der Waals surface area contributed by atoms with Gasteiger partial charge in [-0.1, -0.05) is 33.3 Å². The number of carbonyl (C=O) groups excluding carboxylic acids is 1. The molecular weight excluding hydrogens is 424 g/mol. The van der Waals surface area contributed by atoms with Crippen molar-refractivity contribution in [2.45, 2.75) is 13.8 Å². The summed E-state index contributed by atoms with van der Waals surface area (Å²) in [4.78, 5) is 12.5. The second-order valence-electron chi connectivity index (χ2n) is 6.12. The maximum atomic E-state index is 12.5. The minimum atomic E-state index is -0.291. The van der Waals surface area contributed by atoms with Crippen LogP contribution in [0.25, 0.3) is 5.69 Å². The van der Waals surface area contributed by atoms with E-state index in [1.54, 1.807) is 11.8 Å². The first kappa shape index (κ1) is 19.9. The van der Waals surface area contributed by atoms with Gasteiger partial charge in [-0.3, -0.25) is 4.79 Å². The third-order valence-electron chi connectivity index (χ3n) is 4.21. The summed E-state index contributed by atoms with van der Waals surface area (Å²) in [6, 6.07) is 13.2. The molecule has 0 aliphatic carbocycles. The zero-order chi connectivity index (χ0) is 20.1. The van der Waals surface area contributed by atoms with Crippen LogP contribution in [-0.2, 0) is 0 Å². The number of carbonyl (C=O) groups is 1. The molecule has 0 spiro atoms. The summed E-state index contributed by atoms with van der Waals surface area (Å²) in [5, 5.41) is 11.0. The highest BCUT2D eigenvalue weighted by molar-refractivity contribution is 9.10. The molecule has 3 aromatic rings. The SMILES string of the molecule is COc1ccccc1OCCNC(=O)c1nnn(-c2ccc(Br)c(C)c2)c1C. The number of halogens is 1. The van der Waals surface area contributed by atoms with Crippen molar-refractivity contribution >= 4 is 21.8 Å². The van der Waals surface area contributed by atoms with Crippen molar-refractivity contribution in [3.63, 3.8) is 0 Å². The van der Waals surface area contributed by atoms with Gasteiger partial charge in [0.15, 0.2) is 17.2 Å². The van der Waals surface area contributed by atoms with Gasteiger partial charge in [0.1, 0.15) is 6.61 Å². The van der Waals surface area contributed by atoms with Gasteiger partial charge in [-0.25, -0.2) is 4.68 Å². The third kappa shape index (κ3) is 4.33. The Morgan fingerprint density at radius 2 is 1.93 bits per heavy atom. The normalized spacial score (nSPS) is 10.6. The molecule has 1 heterocycles. The van der Waals surface area contributed by atoms with E-state index in [-0.39, 0.29) is 11.6 Å². The van der Waals surface area contributed by atoms with Crippen LogP contribution in [0.2, 0.25) is 0 Å². The van der Waals surface area contributed by atoms with Gasteiger partial charge in [0.05, 0.1) is 25.0 Å². The summed E-state index contributed by atoms with van der Waals surface area (Å²) in [5.41, 5.74) is 2.89. The van der Waals surface area contributed by atoms with Crippen LogP contribution in [0.5, 0.6) is 11.5 Å². The number of amides is 1. The second kappa shape index (κ2) is 8.88. The van der Waals surface area contributed by atoms with Gasteiger partial charge in [0.2, 0.25) is 0 Å². The standard InChI is InChI=1S/C20H21BrN4O3/c1-13-12-15(8-9-16(13)21)25-14(2)19(23-24-25)20(26)22-10-11-28-18-7-5-4-6-17(18)27-3/h4-9,12H,10-11H2,1-3H3,(H,22,26). The number of methoxy groups -OCH3 is 1.